The number of aryl methyl sites for hydroxylation is 1. The molecular formula is C16H17NO4. The number of carbonyl (C=O) groups excluding carboxylic acids is 1. The van der Waals surface area contributed by atoms with Gasteiger partial charge in [0.05, 0.1) is 14.2 Å². The molecule has 0 saturated heterocycles. The van der Waals surface area contributed by atoms with Gasteiger partial charge in [0.25, 0.3) is 0 Å². The number of esters is 1. The Morgan fingerprint density at radius 1 is 1.19 bits per heavy atom. The van der Waals surface area contributed by atoms with Crippen LogP contribution in [0.2, 0.25) is 0 Å². The minimum atomic E-state index is -0.450. The van der Waals surface area contributed by atoms with Gasteiger partial charge in [0.15, 0.2) is 0 Å². The number of hydrogen-bond donors (Lipinski definition) is 0. The number of ether oxygens (including phenoxy) is 3. The Bertz CT molecular complexity index is 623. The van der Waals surface area contributed by atoms with Crippen molar-refractivity contribution >= 4 is 5.97 Å². The van der Waals surface area contributed by atoms with Crippen molar-refractivity contribution in [1.29, 1.82) is 0 Å². The van der Waals surface area contributed by atoms with E-state index in [0.717, 1.165) is 22.6 Å². The lowest BCUT2D eigenvalue weighted by Crippen LogP contribution is -2.05. The summed E-state index contributed by atoms with van der Waals surface area (Å²) in [6.07, 6.45) is 1.60. The van der Waals surface area contributed by atoms with Gasteiger partial charge in [0, 0.05) is 11.8 Å². The van der Waals surface area contributed by atoms with E-state index in [1.54, 1.807) is 25.4 Å². The summed E-state index contributed by atoms with van der Waals surface area (Å²) in [6, 6.07) is 9.03. The molecule has 0 bridgehead atoms. The maximum atomic E-state index is 11.3. The van der Waals surface area contributed by atoms with E-state index in [1.807, 2.05) is 25.1 Å². The summed E-state index contributed by atoms with van der Waals surface area (Å²) in [5, 5.41) is 0. The molecule has 0 amide bonds. The molecule has 1 aromatic heterocycles. The Morgan fingerprint density at radius 3 is 2.57 bits per heavy atom. The van der Waals surface area contributed by atoms with Crippen molar-refractivity contribution in [2.24, 2.45) is 0 Å². The van der Waals surface area contributed by atoms with Crippen molar-refractivity contribution in [3.63, 3.8) is 0 Å². The normalized spacial score (nSPS) is 10.0. The SMILES string of the molecule is COC(=O)c1ccc(COc2ccc(OC)cc2C)cn1. The van der Waals surface area contributed by atoms with E-state index in [-0.39, 0.29) is 5.69 Å². The standard InChI is InChI=1S/C16H17NO4/c1-11-8-13(19-2)5-7-15(11)21-10-12-4-6-14(17-9-12)16(18)20-3/h4-9H,10H2,1-3H3. The Kier molecular flexibility index (Phi) is 4.77. The van der Waals surface area contributed by atoms with E-state index < -0.39 is 5.97 Å². The van der Waals surface area contributed by atoms with Gasteiger partial charge in [-0.2, -0.15) is 0 Å². The van der Waals surface area contributed by atoms with Crippen LogP contribution in [0.15, 0.2) is 36.5 Å². The summed E-state index contributed by atoms with van der Waals surface area (Å²) in [7, 11) is 2.96. The van der Waals surface area contributed by atoms with E-state index in [0.29, 0.717) is 6.61 Å². The highest BCUT2D eigenvalue weighted by Gasteiger charge is 2.07. The van der Waals surface area contributed by atoms with Crippen molar-refractivity contribution in [1.82, 2.24) is 4.98 Å². The molecule has 2 rings (SSSR count). The lowest BCUT2D eigenvalue weighted by molar-refractivity contribution is 0.0594. The smallest absolute Gasteiger partial charge is 0.356 e. The Morgan fingerprint density at radius 2 is 2.00 bits per heavy atom. The quantitative estimate of drug-likeness (QED) is 0.791. The second-order valence-electron chi connectivity index (χ2n) is 4.46. The van der Waals surface area contributed by atoms with Crippen LogP contribution in [-0.2, 0) is 11.3 Å². The summed E-state index contributed by atoms with van der Waals surface area (Å²) in [4.78, 5) is 15.3. The second kappa shape index (κ2) is 6.74. The minimum absolute atomic E-state index is 0.280. The molecule has 0 N–H and O–H groups in total. The molecule has 0 spiro atoms. The van der Waals surface area contributed by atoms with Gasteiger partial charge in [-0.1, -0.05) is 6.07 Å². The fourth-order valence-electron chi connectivity index (χ4n) is 1.81. The molecule has 21 heavy (non-hydrogen) atoms. The van der Waals surface area contributed by atoms with Gasteiger partial charge in [-0.15, -0.1) is 0 Å². The highest BCUT2D eigenvalue weighted by molar-refractivity contribution is 5.86. The van der Waals surface area contributed by atoms with Crippen molar-refractivity contribution in [2.75, 3.05) is 14.2 Å². The third-order valence-corrected chi connectivity index (χ3v) is 3.00. The summed E-state index contributed by atoms with van der Waals surface area (Å²) in [6.45, 7) is 2.33. The predicted octanol–water partition coefficient (Wildman–Crippen LogP) is 2.76. The van der Waals surface area contributed by atoms with Gasteiger partial charge in [0.1, 0.15) is 23.8 Å². The van der Waals surface area contributed by atoms with Crippen LogP contribution >= 0.6 is 0 Å². The summed E-state index contributed by atoms with van der Waals surface area (Å²) in [5.41, 5.74) is 2.15. The molecule has 2 aromatic rings. The molecule has 5 heteroatoms. The Balaban J connectivity index is 2.01. The fraction of sp³-hybridized carbons (Fsp3) is 0.250. The second-order valence-corrected chi connectivity index (χ2v) is 4.46. The number of pyridine rings is 1. The van der Waals surface area contributed by atoms with Crippen LogP contribution in [0.1, 0.15) is 21.6 Å². The maximum Gasteiger partial charge on any atom is 0.356 e. The number of rotatable bonds is 5. The first-order chi connectivity index (χ1) is 10.1. The van der Waals surface area contributed by atoms with Crippen LogP contribution in [0, 0.1) is 6.92 Å². The van der Waals surface area contributed by atoms with Crippen LogP contribution in [-0.4, -0.2) is 25.2 Å². The Labute approximate surface area is 123 Å². The van der Waals surface area contributed by atoms with Gasteiger partial charge in [0.2, 0.25) is 0 Å². The topological polar surface area (TPSA) is 57.7 Å². The molecule has 5 nitrogen and oxygen atoms in total. The molecule has 0 saturated carbocycles. The zero-order chi connectivity index (χ0) is 15.2. The first kappa shape index (κ1) is 14.8. The van der Waals surface area contributed by atoms with Crippen LogP contribution in [0.25, 0.3) is 0 Å². The van der Waals surface area contributed by atoms with Crippen molar-refractivity contribution < 1.29 is 19.0 Å². The van der Waals surface area contributed by atoms with Gasteiger partial charge < -0.3 is 14.2 Å². The number of hydrogen-bond acceptors (Lipinski definition) is 5. The average molecular weight is 287 g/mol. The van der Waals surface area contributed by atoms with Crippen molar-refractivity contribution in [2.45, 2.75) is 13.5 Å². The molecule has 1 aromatic carbocycles. The van der Waals surface area contributed by atoms with E-state index in [9.17, 15) is 4.79 Å². The van der Waals surface area contributed by atoms with Crippen LogP contribution in [0.4, 0.5) is 0 Å². The average Bonchev–Trinajstić information content (AvgIpc) is 2.53. The van der Waals surface area contributed by atoms with Gasteiger partial charge in [-0.3, -0.25) is 0 Å². The lowest BCUT2D eigenvalue weighted by Gasteiger charge is -2.10. The largest absolute Gasteiger partial charge is 0.497 e. The first-order valence-electron chi connectivity index (χ1n) is 6.44. The van der Waals surface area contributed by atoms with E-state index in [2.05, 4.69) is 9.72 Å². The number of methoxy groups -OCH3 is 2. The van der Waals surface area contributed by atoms with E-state index in [4.69, 9.17) is 9.47 Å². The third kappa shape index (κ3) is 3.72. The minimum Gasteiger partial charge on any atom is -0.497 e. The molecule has 0 aliphatic rings. The molecule has 0 fully saturated rings. The zero-order valence-electron chi connectivity index (χ0n) is 12.3. The van der Waals surface area contributed by atoms with Crippen LogP contribution in [0.5, 0.6) is 11.5 Å². The number of benzene rings is 1. The van der Waals surface area contributed by atoms with Crippen molar-refractivity contribution in [3.05, 3.63) is 53.3 Å². The molecule has 1 heterocycles. The maximum absolute atomic E-state index is 11.3. The molecule has 0 aliphatic heterocycles. The van der Waals surface area contributed by atoms with Crippen LogP contribution < -0.4 is 9.47 Å². The van der Waals surface area contributed by atoms with Gasteiger partial charge in [-0.05, 0) is 36.8 Å². The predicted molar refractivity (Wildman–Crippen MR) is 77.6 cm³/mol. The Hall–Kier alpha value is -2.56. The first-order valence-corrected chi connectivity index (χ1v) is 6.44. The monoisotopic (exact) mass is 287 g/mol. The highest BCUT2D eigenvalue weighted by atomic mass is 16.5. The summed E-state index contributed by atoms with van der Waals surface area (Å²) < 4.78 is 15.5. The van der Waals surface area contributed by atoms with E-state index in [1.165, 1.54) is 7.11 Å². The molecular weight excluding hydrogens is 270 g/mol. The zero-order valence-corrected chi connectivity index (χ0v) is 12.3. The molecule has 0 radical (unpaired) electrons. The van der Waals surface area contributed by atoms with Crippen molar-refractivity contribution in [3.8, 4) is 11.5 Å². The van der Waals surface area contributed by atoms with Gasteiger partial charge >= 0.3 is 5.97 Å². The van der Waals surface area contributed by atoms with E-state index >= 15 is 0 Å². The molecule has 0 aliphatic carbocycles. The molecule has 0 atom stereocenters. The van der Waals surface area contributed by atoms with Gasteiger partial charge in [-0.25, -0.2) is 9.78 Å². The fourth-order valence-corrected chi connectivity index (χ4v) is 1.81. The van der Waals surface area contributed by atoms with Crippen LogP contribution in [0.3, 0.4) is 0 Å². The number of aromatic nitrogens is 1. The number of carbonyl (C=O) groups is 1. The molecule has 110 valence electrons. The third-order valence-electron chi connectivity index (χ3n) is 3.00. The number of nitrogens with zero attached hydrogens (tertiary/aromatic N) is 1. The molecule has 0 unspecified atom stereocenters. The summed E-state index contributed by atoms with van der Waals surface area (Å²) in [5.74, 6) is 1.13. The summed E-state index contributed by atoms with van der Waals surface area (Å²) >= 11 is 0. The lowest BCUT2D eigenvalue weighted by atomic mass is 10.2. The highest BCUT2D eigenvalue weighted by Crippen LogP contribution is 2.23.